The van der Waals surface area contributed by atoms with Crippen molar-refractivity contribution in [3.05, 3.63) is 35.4 Å². The van der Waals surface area contributed by atoms with Crippen LogP contribution in [-0.2, 0) is 11.4 Å². The standard InChI is InChI=1S/C9H8F3.2CH3.Ga/c1-7-4-2-3-5-8(7)6-9(10,11)12;;;/h2-5H,1,6H2;2*1H3;. The quantitative estimate of drug-likeness (QED) is 0.738. The van der Waals surface area contributed by atoms with E-state index < -0.39 is 28.8 Å². The Labute approximate surface area is 93.5 Å². The molecule has 0 N–H and O–H groups in total. The van der Waals surface area contributed by atoms with Crippen LogP contribution in [0.15, 0.2) is 24.3 Å². The molecule has 15 heavy (non-hydrogen) atoms. The molecule has 0 heterocycles. The summed E-state index contributed by atoms with van der Waals surface area (Å²) in [6, 6.07) is 6.91. The second-order valence-corrected chi connectivity index (χ2v) is 10.9. The Morgan fingerprint density at radius 2 is 1.60 bits per heavy atom. The van der Waals surface area contributed by atoms with Gasteiger partial charge in [0.2, 0.25) is 0 Å². The van der Waals surface area contributed by atoms with Crippen LogP contribution in [0.3, 0.4) is 0 Å². The first-order valence-electron chi connectivity index (χ1n) is 5.02. The Kier molecular flexibility index (Phi) is 4.34. The summed E-state index contributed by atoms with van der Waals surface area (Å²) < 4.78 is 36.8. The zero-order valence-corrected chi connectivity index (χ0v) is 11.4. The molecule has 0 aliphatic carbocycles. The van der Waals surface area contributed by atoms with Gasteiger partial charge in [-0.3, -0.25) is 0 Å². The van der Waals surface area contributed by atoms with Crippen molar-refractivity contribution < 1.29 is 13.2 Å². The van der Waals surface area contributed by atoms with Crippen LogP contribution in [0, 0.1) is 0 Å². The van der Waals surface area contributed by atoms with E-state index in [1.807, 2.05) is 12.1 Å². The normalized spacial score (nSPS) is 11.5. The number of hydrogen-bond donors (Lipinski definition) is 0. The summed E-state index contributed by atoms with van der Waals surface area (Å²) in [5, 5.41) is 0. The molecule has 0 fully saturated rings. The van der Waals surface area contributed by atoms with Crippen LogP contribution in [-0.4, -0.2) is 22.4 Å². The third kappa shape index (κ3) is 4.80. The summed E-state index contributed by atoms with van der Waals surface area (Å²) in [6.07, 6.45) is -4.89. The zero-order chi connectivity index (χ0) is 11.5. The molecule has 0 unspecified atom stereocenters. The molecule has 1 rings (SSSR count). The number of alkyl halides is 3. The van der Waals surface area contributed by atoms with Gasteiger partial charge in [-0.15, -0.1) is 0 Å². The molecule has 0 amide bonds. The van der Waals surface area contributed by atoms with E-state index in [1.165, 1.54) is 0 Å². The molecule has 0 nitrogen and oxygen atoms in total. The summed E-state index contributed by atoms with van der Waals surface area (Å²) in [5.74, 6) is 0. The summed E-state index contributed by atoms with van der Waals surface area (Å²) in [5.41, 5.74) is 5.73. The van der Waals surface area contributed by atoms with Gasteiger partial charge >= 0.3 is 93.3 Å². The van der Waals surface area contributed by atoms with Gasteiger partial charge in [0.1, 0.15) is 0 Å². The predicted molar refractivity (Wildman–Crippen MR) is 57.4 cm³/mol. The molecular weight excluding hydrogens is 259 g/mol. The van der Waals surface area contributed by atoms with Crippen LogP contribution >= 0.6 is 0 Å². The van der Waals surface area contributed by atoms with Gasteiger partial charge in [-0.25, -0.2) is 0 Å². The Morgan fingerprint density at radius 1 is 1.07 bits per heavy atom. The summed E-state index contributed by atoms with van der Waals surface area (Å²) in [6.45, 7) is 0. The van der Waals surface area contributed by atoms with Gasteiger partial charge in [0.15, 0.2) is 0 Å². The van der Waals surface area contributed by atoms with E-state index >= 15 is 0 Å². The molecule has 0 radical (unpaired) electrons. The van der Waals surface area contributed by atoms with E-state index in [1.54, 1.807) is 12.1 Å². The molecule has 82 valence electrons. The molecule has 0 saturated heterocycles. The molecule has 0 saturated carbocycles. The van der Waals surface area contributed by atoms with Crippen molar-refractivity contribution in [2.75, 3.05) is 0 Å². The van der Waals surface area contributed by atoms with Gasteiger partial charge in [0.25, 0.3) is 0 Å². The Bertz CT molecular complexity index is 318. The fourth-order valence-corrected chi connectivity index (χ4v) is 4.27. The molecule has 0 spiro atoms. The predicted octanol–water partition coefficient (Wildman–Crippen LogP) is 3.63. The molecule has 4 heteroatoms. The van der Waals surface area contributed by atoms with Crippen molar-refractivity contribution in [3.8, 4) is 0 Å². The van der Waals surface area contributed by atoms with Crippen LogP contribution < -0.4 is 0 Å². The van der Waals surface area contributed by atoms with E-state index in [2.05, 4.69) is 11.0 Å². The van der Waals surface area contributed by atoms with Gasteiger partial charge in [-0.05, 0) is 0 Å². The van der Waals surface area contributed by atoms with Crippen molar-refractivity contribution in [3.63, 3.8) is 0 Å². The zero-order valence-electron chi connectivity index (χ0n) is 8.93. The molecule has 0 aliphatic heterocycles. The van der Waals surface area contributed by atoms with E-state index in [9.17, 15) is 13.2 Å². The summed E-state index contributed by atoms with van der Waals surface area (Å²) in [4.78, 5) is 0.888. The Morgan fingerprint density at radius 3 is 2.07 bits per heavy atom. The van der Waals surface area contributed by atoms with Crippen LogP contribution in [0.5, 0.6) is 0 Å². The van der Waals surface area contributed by atoms with Gasteiger partial charge in [0, 0.05) is 0 Å². The number of rotatable bonds is 3. The minimum absolute atomic E-state index is 0.448. The second-order valence-electron chi connectivity index (χ2n) is 4.16. The first-order chi connectivity index (χ1) is 6.88. The van der Waals surface area contributed by atoms with Crippen molar-refractivity contribution >= 4 is 16.2 Å². The van der Waals surface area contributed by atoms with Crippen molar-refractivity contribution in [1.82, 2.24) is 0 Å². The average Bonchev–Trinajstić information content (AvgIpc) is 2.05. The van der Waals surface area contributed by atoms with Crippen molar-refractivity contribution in [1.29, 1.82) is 0 Å². The first kappa shape index (κ1) is 12.7. The SMILES string of the molecule is [CH3][Ga]([CH3])[CH2]c1ccccc1CC(F)(F)F. The van der Waals surface area contributed by atoms with Crippen LogP contribution in [0.1, 0.15) is 11.1 Å². The van der Waals surface area contributed by atoms with Gasteiger partial charge in [0.05, 0.1) is 0 Å². The van der Waals surface area contributed by atoms with Gasteiger partial charge in [-0.1, -0.05) is 0 Å². The molecule has 0 bridgehead atoms. The monoisotopic (exact) mass is 272 g/mol. The Hall–Kier alpha value is -0.354. The molecule has 0 atom stereocenters. The summed E-state index contributed by atoms with van der Waals surface area (Å²) >= 11 is -1.29. The topological polar surface area (TPSA) is 0 Å². The van der Waals surface area contributed by atoms with Gasteiger partial charge in [-0.2, -0.15) is 0 Å². The van der Waals surface area contributed by atoms with Gasteiger partial charge < -0.3 is 0 Å². The molecule has 0 aromatic heterocycles. The average molecular weight is 273 g/mol. The number of hydrogen-bond acceptors (Lipinski definition) is 0. The van der Waals surface area contributed by atoms with Crippen LogP contribution in [0.4, 0.5) is 13.2 Å². The van der Waals surface area contributed by atoms with Crippen molar-refractivity contribution in [2.45, 2.75) is 28.5 Å². The van der Waals surface area contributed by atoms with Crippen LogP contribution in [0.25, 0.3) is 0 Å². The van der Waals surface area contributed by atoms with E-state index in [0.717, 1.165) is 10.5 Å². The first-order valence-corrected chi connectivity index (χ1v) is 11.6. The molecular formula is C11H14F3Ga. The fourth-order valence-electron chi connectivity index (χ4n) is 1.58. The maximum atomic E-state index is 12.3. The number of halogens is 3. The summed E-state index contributed by atoms with van der Waals surface area (Å²) in [7, 11) is 0. The minimum atomic E-state index is -4.10. The van der Waals surface area contributed by atoms with E-state index in [-0.39, 0.29) is 0 Å². The second kappa shape index (κ2) is 5.12. The van der Waals surface area contributed by atoms with Crippen LogP contribution in [0.2, 0.25) is 11.0 Å². The molecule has 1 aromatic carbocycles. The maximum absolute atomic E-state index is 12.3. The third-order valence-corrected chi connectivity index (χ3v) is 4.77. The molecule has 0 aliphatic rings. The van der Waals surface area contributed by atoms with E-state index in [4.69, 9.17) is 0 Å². The number of benzene rings is 1. The Balaban J connectivity index is 2.86. The fraction of sp³-hybridized carbons (Fsp3) is 0.455. The molecule has 1 aromatic rings. The third-order valence-electron chi connectivity index (χ3n) is 2.14. The van der Waals surface area contributed by atoms with E-state index in [0.29, 0.717) is 5.56 Å². The van der Waals surface area contributed by atoms with Crippen molar-refractivity contribution in [2.24, 2.45) is 0 Å².